The molecule has 6 nitrogen and oxygen atoms in total. The van der Waals surface area contributed by atoms with Gasteiger partial charge in [-0.15, -0.1) is 0 Å². The van der Waals surface area contributed by atoms with Crippen molar-refractivity contribution in [3.05, 3.63) is 0 Å². The van der Waals surface area contributed by atoms with Gasteiger partial charge in [-0.05, 0) is 26.3 Å². The number of hydrogen-bond acceptors (Lipinski definition) is 4. The van der Waals surface area contributed by atoms with E-state index in [1.54, 1.807) is 14.0 Å². The molecule has 0 saturated carbocycles. The SMILES string of the molecule is CO[C@@H]([C@@H]1CCCN1)[C@@H](C)C(=O)O.O=C(O)C(F)(F)F. The van der Waals surface area contributed by atoms with E-state index in [1.807, 2.05) is 0 Å². The Kier molecular flexibility index (Phi) is 7.51. The fourth-order valence-electron chi connectivity index (χ4n) is 1.85. The van der Waals surface area contributed by atoms with Gasteiger partial charge in [0, 0.05) is 13.2 Å². The maximum absolute atomic E-state index is 10.7. The van der Waals surface area contributed by atoms with Crippen molar-refractivity contribution in [2.24, 2.45) is 5.92 Å². The van der Waals surface area contributed by atoms with Gasteiger partial charge in [-0.3, -0.25) is 4.79 Å². The number of methoxy groups -OCH3 is 1. The molecule has 1 rings (SSSR count). The summed E-state index contributed by atoms with van der Waals surface area (Å²) < 4.78 is 37.0. The first-order valence-electron chi connectivity index (χ1n) is 5.90. The van der Waals surface area contributed by atoms with Gasteiger partial charge in [0.05, 0.1) is 12.0 Å². The molecule has 20 heavy (non-hydrogen) atoms. The van der Waals surface area contributed by atoms with E-state index in [2.05, 4.69) is 5.32 Å². The molecule has 0 aromatic heterocycles. The topological polar surface area (TPSA) is 95.9 Å². The second-order valence-electron chi connectivity index (χ2n) is 4.33. The number of carboxylic acid groups (broad SMARTS) is 2. The van der Waals surface area contributed by atoms with Gasteiger partial charge in [-0.2, -0.15) is 13.2 Å². The Morgan fingerprint density at radius 1 is 1.35 bits per heavy atom. The lowest BCUT2D eigenvalue weighted by Crippen LogP contribution is -2.43. The highest BCUT2D eigenvalue weighted by Gasteiger charge is 2.38. The molecule has 1 aliphatic heterocycles. The molecule has 0 spiro atoms. The number of halogens is 3. The number of rotatable bonds is 4. The van der Waals surface area contributed by atoms with Crippen LogP contribution in [-0.4, -0.2) is 54.1 Å². The smallest absolute Gasteiger partial charge is 0.481 e. The summed E-state index contributed by atoms with van der Waals surface area (Å²) in [5.74, 6) is -3.99. The van der Waals surface area contributed by atoms with Crippen LogP contribution in [0.25, 0.3) is 0 Å². The van der Waals surface area contributed by atoms with E-state index in [-0.39, 0.29) is 12.1 Å². The number of nitrogens with one attached hydrogen (secondary N) is 1. The standard InChI is InChI=1S/C9H17NO3.C2HF3O2/c1-6(9(11)12)8(13-2)7-4-3-5-10-7;3-2(4,5)1(6)7/h6-8,10H,3-5H2,1-2H3,(H,11,12);(H,6,7)/t6-,7+,8-;/m1./s1. The van der Waals surface area contributed by atoms with Crippen molar-refractivity contribution in [1.29, 1.82) is 0 Å². The van der Waals surface area contributed by atoms with Gasteiger partial charge in [0.1, 0.15) is 0 Å². The summed E-state index contributed by atoms with van der Waals surface area (Å²) in [5.41, 5.74) is 0. The van der Waals surface area contributed by atoms with E-state index in [9.17, 15) is 18.0 Å². The molecule has 3 atom stereocenters. The third-order valence-electron chi connectivity index (χ3n) is 2.89. The van der Waals surface area contributed by atoms with Crippen molar-refractivity contribution in [2.45, 2.75) is 38.1 Å². The van der Waals surface area contributed by atoms with Crippen molar-refractivity contribution < 1.29 is 37.7 Å². The molecule has 0 aliphatic carbocycles. The first-order chi connectivity index (χ1) is 9.11. The average Bonchev–Trinajstić information content (AvgIpc) is 2.83. The van der Waals surface area contributed by atoms with Crippen LogP contribution in [0.5, 0.6) is 0 Å². The number of hydrogen-bond donors (Lipinski definition) is 3. The Hall–Kier alpha value is -1.35. The summed E-state index contributed by atoms with van der Waals surface area (Å²) in [6.45, 7) is 2.66. The fourth-order valence-corrected chi connectivity index (χ4v) is 1.85. The molecule has 0 aromatic carbocycles. The number of ether oxygens (including phenoxy) is 1. The zero-order chi connectivity index (χ0) is 15.9. The highest BCUT2D eigenvalue weighted by atomic mass is 19.4. The summed E-state index contributed by atoms with van der Waals surface area (Å²) in [6.07, 6.45) is -3.17. The molecule has 1 saturated heterocycles. The second-order valence-corrected chi connectivity index (χ2v) is 4.33. The zero-order valence-corrected chi connectivity index (χ0v) is 11.1. The Balaban J connectivity index is 0.000000441. The lowest BCUT2D eigenvalue weighted by Gasteiger charge is -2.25. The van der Waals surface area contributed by atoms with Crippen molar-refractivity contribution in [3.8, 4) is 0 Å². The maximum atomic E-state index is 10.7. The molecule has 1 aliphatic rings. The Labute approximate surface area is 113 Å². The molecule has 0 amide bonds. The van der Waals surface area contributed by atoms with Crippen molar-refractivity contribution in [3.63, 3.8) is 0 Å². The molecule has 1 fully saturated rings. The van der Waals surface area contributed by atoms with Crippen LogP contribution in [-0.2, 0) is 14.3 Å². The van der Waals surface area contributed by atoms with Crippen LogP contribution in [0.15, 0.2) is 0 Å². The molecular formula is C11H18F3NO5. The monoisotopic (exact) mass is 301 g/mol. The van der Waals surface area contributed by atoms with Crippen LogP contribution >= 0.6 is 0 Å². The minimum Gasteiger partial charge on any atom is -0.481 e. The summed E-state index contributed by atoms with van der Waals surface area (Å²) in [6, 6.07) is 0.205. The lowest BCUT2D eigenvalue weighted by atomic mass is 9.97. The molecule has 0 unspecified atom stereocenters. The van der Waals surface area contributed by atoms with E-state index in [4.69, 9.17) is 19.7 Å². The van der Waals surface area contributed by atoms with Gasteiger partial charge in [0.15, 0.2) is 0 Å². The number of carbonyl (C=O) groups is 2. The molecule has 0 radical (unpaired) electrons. The normalized spacial score (nSPS) is 21.6. The largest absolute Gasteiger partial charge is 0.490 e. The quantitative estimate of drug-likeness (QED) is 0.720. The van der Waals surface area contributed by atoms with E-state index in [0.717, 1.165) is 19.4 Å². The van der Waals surface area contributed by atoms with E-state index in [0.29, 0.717) is 0 Å². The average molecular weight is 301 g/mol. The van der Waals surface area contributed by atoms with Gasteiger partial charge < -0.3 is 20.3 Å². The minimum atomic E-state index is -5.08. The molecule has 118 valence electrons. The highest BCUT2D eigenvalue weighted by molar-refractivity contribution is 5.73. The summed E-state index contributed by atoms with van der Waals surface area (Å²) in [5, 5.41) is 19.2. The minimum absolute atomic E-state index is 0.205. The van der Waals surface area contributed by atoms with E-state index >= 15 is 0 Å². The summed E-state index contributed by atoms with van der Waals surface area (Å²) in [4.78, 5) is 19.6. The zero-order valence-electron chi connectivity index (χ0n) is 11.1. The third-order valence-corrected chi connectivity index (χ3v) is 2.89. The predicted octanol–water partition coefficient (Wildman–Crippen LogP) is 1.11. The number of carboxylic acids is 2. The maximum Gasteiger partial charge on any atom is 0.490 e. The van der Waals surface area contributed by atoms with Crippen LogP contribution in [0.3, 0.4) is 0 Å². The Morgan fingerprint density at radius 3 is 2.10 bits per heavy atom. The molecule has 0 bridgehead atoms. The van der Waals surface area contributed by atoms with E-state index in [1.165, 1.54) is 0 Å². The predicted molar refractivity (Wildman–Crippen MR) is 62.3 cm³/mol. The van der Waals surface area contributed by atoms with Crippen molar-refractivity contribution in [2.75, 3.05) is 13.7 Å². The van der Waals surface area contributed by atoms with Crippen LogP contribution in [0.4, 0.5) is 13.2 Å². The van der Waals surface area contributed by atoms with Crippen molar-refractivity contribution >= 4 is 11.9 Å². The number of aliphatic carboxylic acids is 2. The van der Waals surface area contributed by atoms with Crippen LogP contribution in [0, 0.1) is 5.92 Å². The van der Waals surface area contributed by atoms with Crippen LogP contribution < -0.4 is 5.32 Å². The van der Waals surface area contributed by atoms with Gasteiger partial charge in [0.2, 0.25) is 0 Å². The number of alkyl halides is 3. The second kappa shape index (κ2) is 8.05. The first kappa shape index (κ1) is 18.7. The molecule has 3 N–H and O–H groups in total. The molecule has 0 aromatic rings. The fraction of sp³-hybridized carbons (Fsp3) is 0.818. The van der Waals surface area contributed by atoms with Gasteiger partial charge in [-0.1, -0.05) is 0 Å². The summed E-state index contributed by atoms with van der Waals surface area (Å²) in [7, 11) is 1.57. The highest BCUT2D eigenvalue weighted by Crippen LogP contribution is 2.18. The van der Waals surface area contributed by atoms with Crippen molar-refractivity contribution in [1.82, 2.24) is 5.32 Å². The molecule has 9 heteroatoms. The van der Waals surface area contributed by atoms with E-state index < -0.39 is 24.0 Å². The molecular weight excluding hydrogens is 283 g/mol. The summed E-state index contributed by atoms with van der Waals surface area (Å²) >= 11 is 0. The van der Waals surface area contributed by atoms with Gasteiger partial charge in [-0.25, -0.2) is 4.79 Å². The van der Waals surface area contributed by atoms with Crippen LogP contribution in [0.2, 0.25) is 0 Å². The lowest BCUT2D eigenvalue weighted by molar-refractivity contribution is -0.192. The molecule has 1 heterocycles. The third kappa shape index (κ3) is 6.20. The van der Waals surface area contributed by atoms with Gasteiger partial charge in [0.25, 0.3) is 0 Å². The van der Waals surface area contributed by atoms with Gasteiger partial charge >= 0.3 is 18.1 Å². The Bertz CT molecular complexity index is 329. The Morgan fingerprint density at radius 2 is 1.85 bits per heavy atom. The first-order valence-corrected chi connectivity index (χ1v) is 5.90. The van der Waals surface area contributed by atoms with Crippen LogP contribution in [0.1, 0.15) is 19.8 Å².